The standard InChI is InChI=1S/C17H30N2O2/c1-21-12-15-16(20)18-13-17(15)7-9-19(10-8-17)11-14-5-3-2-4-6-14/h14-15H,2-13H2,1H3,(H,18,20)/t15-/m0/s1. The van der Waals surface area contributed by atoms with Crippen molar-refractivity contribution in [1.29, 1.82) is 0 Å². The van der Waals surface area contributed by atoms with Crippen LogP contribution in [0.4, 0.5) is 0 Å². The molecule has 1 aliphatic carbocycles. The van der Waals surface area contributed by atoms with Gasteiger partial charge in [-0.3, -0.25) is 4.79 Å². The van der Waals surface area contributed by atoms with Crippen LogP contribution in [0, 0.1) is 17.3 Å². The summed E-state index contributed by atoms with van der Waals surface area (Å²) in [4.78, 5) is 14.7. The molecule has 0 aromatic carbocycles. The lowest BCUT2D eigenvalue weighted by Gasteiger charge is -2.42. The smallest absolute Gasteiger partial charge is 0.226 e. The van der Waals surface area contributed by atoms with E-state index in [1.165, 1.54) is 38.6 Å². The minimum Gasteiger partial charge on any atom is -0.384 e. The zero-order valence-corrected chi connectivity index (χ0v) is 13.4. The molecule has 3 rings (SSSR count). The van der Waals surface area contributed by atoms with E-state index in [9.17, 15) is 4.79 Å². The number of likely N-dealkylation sites (tertiary alicyclic amines) is 1. The summed E-state index contributed by atoms with van der Waals surface area (Å²) in [5, 5.41) is 3.07. The van der Waals surface area contributed by atoms with Crippen molar-refractivity contribution >= 4 is 5.91 Å². The number of methoxy groups -OCH3 is 1. The molecular weight excluding hydrogens is 264 g/mol. The molecule has 1 atom stereocenters. The highest BCUT2D eigenvalue weighted by Crippen LogP contribution is 2.42. The SMILES string of the molecule is COC[C@H]1C(=O)NCC12CCN(CC1CCCCC1)CC2. The Kier molecular flexibility index (Phi) is 4.85. The van der Waals surface area contributed by atoms with Crippen molar-refractivity contribution in [2.45, 2.75) is 44.9 Å². The first-order valence-corrected chi connectivity index (χ1v) is 8.72. The lowest BCUT2D eigenvalue weighted by Crippen LogP contribution is -2.46. The molecule has 0 radical (unpaired) electrons. The Morgan fingerprint density at radius 2 is 1.95 bits per heavy atom. The Morgan fingerprint density at radius 1 is 1.24 bits per heavy atom. The van der Waals surface area contributed by atoms with Crippen molar-refractivity contribution in [3.8, 4) is 0 Å². The fraction of sp³-hybridized carbons (Fsp3) is 0.941. The molecule has 1 amide bonds. The van der Waals surface area contributed by atoms with Gasteiger partial charge in [-0.15, -0.1) is 0 Å². The molecule has 0 aromatic heterocycles. The van der Waals surface area contributed by atoms with Crippen LogP contribution in [0.15, 0.2) is 0 Å². The summed E-state index contributed by atoms with van der Waals surface area (Å²) in [6, 6.07) is 0. The number of carbonyl (C=O) groups is 1. The molecule has 21 heavy (non-hydrogen) atoms. The van der Waals surface area contributed by atoms with Crippen molar-refractivity contribution in [1.82, 2.24) is 10.2 Å². The van der Waals surface area contributed by atoms with Crippen molar-refractivity contribution in [2.24, 2.45) is 17.3 Å². The lowest BCUT2D eigenvalue weighted by molar-refractivity contribution is -0.126. The zero-order chi connectivity index (χ0) is 14.7. The topological polar surface area (TPSA) is 41.6 Å². The maximum Gasteiger partial charge on any atom is 0.226 e. The number of nitrogens with zero attached hydrogens (tertiary/aromatic N) is 1. The molecule has 0 bridgehead atoms. The highest BCUT2D eigenvalue weighted by Gasteiger charge is 2.49. The molecule has 0 unspecified atom stereocenters. The van der Waals surface area contributed by atoms with E-state index in [2.05, 4.69) is 10.2 Å². The summed E-state index contributed by atoms with van der Waals surface area (Å²) in [5.41, 5.74) is 0.163. The van der Waals surface area contributed by atoms with Crippen LogP contribution in [0.3, 0.4) is 0 Å². The number of hydrogen-bond acceptors (Lipinski definition) is 3. The van der Waals surface area contributed by atoms with Crippen molar-refractivity contribution in [3.63, 3.8) is 0 Å². The maximum atomic E-state index is 12.0. The van der Waals surface area contributed by atoms with Gasteiger partial charge in [0.25, 0.3) is 0 Å². The Bertz CT molecular complexity index is 358. The zero-order valence-electron chi connectivity index (χ0n) is 13.4. The van der Waals surface area contributed by atoms with Crippen LogP contribution >= 0.6 is 0 Å². The fourth-order valence-electron chi connectivity index (χ4n) is 4.65. The first-order valence-electron chi connectivity index (χ1n) is 8.72. The fourth-order valence-corrected chi connectivity index (χ4v) is 4.65. The normalized spacial score (nSPS) is 30.7. The van der Waals surface area contributed by atoms with Gasteiger partial charge in [0.2, 0.25) is 5.91 Å². The van der Waals surface area contributed by atoms with Gasteiger partial charge in [-0.25, -0.2) is 0 Å². The average Bonchev–Trinajstić information content (AvgIpc) is 2.81. The molecule has 2 saturated heterocycles. The van der Waals surface area contributed by atoms with Crippen LogP contribution in [-0.4, -0.2) is 50.7 Å². The van der Waals surface area contributed by atoms with Gasteiger partial charge < -0.3 is 15.0 Å². The third-order valence-electron chi connectivity index (χ3n) is 6.10. The Balaban J connectivity index is 1.53. The molecule has 3 aliphatic rings. The van der Waals surface area contributed by atoms with Crippen molar-refractivity contribution in [2.75, 3.05) is 39.9 Å². The average molecular weight is 294 g/mol. The molecule has 0 aromatic rings. The molecule has 4 nitrogen and oxygen atoms in total. The second-order valence-electron chi connectivity index (χ2n) is 7.39. The van der Waals surface area contributed by atoms with Crippen LogP contribution in [0.5, 0.6) is 0 Å². The number of rotatable bonds is 4. The van der Waals surface area contributed by atoms with Gasteiger partial charge in [-0.05, 0) is 44.7 Å². The van der Waals surface area contributed by atoms with Crippen LogP contribution in [0.25, 0.3) is 0 Å². The van der Waals surface area contributed by atoms with Gasteiger partial charge in [-0.1, -0.05) is 19.3 Å². The van der Waals surface area contributed by atoms with Crippen LogP contribution in [0.2, 0.25) is 0 Å². The van der Waals surface area contributed by atoms with E-state index in [-0.39, 0.29) is 17.2 Å². The van der Waals surface area contributed by atoms with E-state index in [0.717, 1.165) is 38.4 Å². The molecular formula is C17H30N2O2. The van der Waals surface area contributed by atoms with Crippen molar-refractivity contribution in [3.05, 3.63) is 0 Å². The number of piperidine rings is 1. The first kappa shape index (κ1) is 15.3. The van der Waals surface area contributed by atoms with Gasteiger partial charge >= 0.3 is 0 Å². The van der Waals surface area contributed by atoms with Gasteiger partial charge in [0.1, 0.15) is 0 Å². The number of carbonyl (C=O) groups excluding carboxylic acids is 1. The van der Waals surface area contributed by atoms with Crippen LogP contribution in [-0.2, 0) is 9.53 Å². The number of amides is 1. The largest absolute Gasteiger partial charge is 0.384 e. The third-order valence-corrected chi connectivity index (χ3v) is 6.10. The highest BCUT2D eigenvalue weighted by atomic mass is 16.5. The van der Waals surface area contributed by atoms with E-state index < -0.39 is 0 Å². The van der Waals surface area contributed by atoms with Gasteiger partial charge in [-0.2, -0.15) is 0 Å². The Hall–Kier alpha value is -0.610. The summed E-state index contributed by atoms with van der Waals surface area (Å²) in [6.07, 6.45) is 9.43. The quantitative estimate of drug-likeness (QED) is 0.863. The minimum absolute atomic E-state index is 0.0688. The molecule has 1 spiro atoms. The number of nitrogens with one attached hydrogen (secondary N) is 1. The van der Waals surface area contributed by atoms with Gasteiger partial charge in [0.15, 0.2) is 0 Å². The van der Waals surface area contributed by atoms with E-state index in [1.807, 2.05) is 0 Å². The monoisotopic (exact) mass is 294 g/mol. The summed E-state index contributed by atoms with van der Waals surface area (Å²) in [5.74, 6) is 1.20. The number of hydrogen-bond donors (Lipinski definition) is 1. The molecule has 1 saturated carbocycles. The van der Waals surface area contributed by atoms with E-state index >= 15 is 0 Å². The van der Waals surface area contributed by atoms with E-state index in [4.69, 9.17) is 4.74 Å². The van der Waals surface area contributed by atoms with E-state index in [0.29, 0.717) is 6.61 Å². The first-order chi connectivity index (χ1) is 10.2. The van der Waals surface area contributed by atoms with Crippen LogP contribution in [0.1, 0.15) is 44.9 Å². The van der Waals surface area contributed by atoms with E-state index in [1.54, 1.807) is 7.11 Å². The highest BCUT2D eigenvalue weighted by molar-refractivity contribution is 5.82. The second-order valence-corrected chi connectivity index (χ2v) is 7.39. The predicted molar refractivity (Wildman–Crippen MR) is 83.1 cm³/mol. The minimum atomic E-state index is 0.0688. The molecule has 4 heteroatoms. The van der Waals surface area contributed by atoms with Gasteiger partial charge in [0.05, 0.1) is 12.5 Å². The van der Waals surface area contributed by atoms with Gasteiger partial charge in [0, 0.05) is 25.6 Å². The summed E-state index contributed by atoms with van der Waals surface area (Å²) < 4.78 is 5.30. The van der Waals surface area contributed by atoms with Crippen LogP contribution < -0.4 is 5.32 Å². The third kappa shape index (κ3) is 3.26. The summed E-state index contributed by atoms with van der Waals surface area (Å²) >= 11 is 0. The molecule has 1 N–H and O–H groups in total. The Morgan fingerprint density at radius 3 is 2.62 bits per heavy atom. The Labute approximate surface area is 128 Å². The maximum absolute atomic E-state index is 12.0. The second kappa shape index (κ2) is 6.66. The lowest BCUT2D eigenvalue weighted by atomic mass is 9.70. The number of ether oxygens (including phenoxy) is 1. The molecule has 2 heterocycles. The molecule has 120 valence electrons. The summed E-state index contributed by atoms with van der Waals surface area (Å²) in [7, 11) is 1.71. The predicted octanol–water partition coefficient (Wildman–Crippen LogP) is 2.04. The summed E-state index contributed by atoms with van der Waals surface area (Å²) in [6.45, 7) is 5.04. The van der Waals surface area contributed by atoms with Crippen molar-refractivity contribution < 1.29 is 9.53 Å². The molecule has 3 fully saturated rings. The molecule has 2 aliphatic heterocycles.